The molecule has 0 saturated heterocycles. The first-order valence-electron chi connectivity index (χ1n) is 9.32. The Morgan fingerprint density at radius 3 is 2.31 bits per heavy atom. The minimum Gasteiger partial charge on any atom is -0.504 e. The van der Waals surface area contributed by atoms with E-state index in [0.717, 1.165) is 16.7 Å². The fraction of sp³-hybridized carbons (Fsp3) is 0.125. The Morgan fingerprint density at radius 2 is 1.62 bits per heavy atom. The summed E-state index contributed by atoms with van der Waals surface area (Å²) < 4.78 is 5.23. The van der Waals surface area contributed by atoms with E-state index >= 15 is 0 Å². The van der Waals surface area contributed by atoms with Gasteiger partial charge in [0.15, 0.2) is 16.6 Å². The summed E-state index contributed by atoms with van der Waals surface area (Å²) in [7, 11) is 1.54. The average Bonchev–Trinajstić information content (AvgIpc) is 2.76. The van der Waals surface area contributed by atoms with E-state index in [2.05, 4.69) is 22.3 Å². The van der Waals surface area contributed by atoms with Crippen molar-refractivity contribution in [2.75, 3.05) is 7.11 Å². The Morgan fingerprint density at radius 1 is 0.966 bits per heavy atom. The number of nitrogens with one attached hydrogen (secondary N) is 1. The standard InChI is InChI=1S/C24H24N2O2S/c1-28-23-16-21(12-13-22(23)27)18-26(17-20-10-6-3-7-11-20)24(29)25-15-14-19-8-4-2-5-9-19/h2-16,27H,17-18H2,1H3,(H,25,29). The molecule has 3 aromatic carbocycles. The second kappa shape index (κ2) is 10.3. The van der Waals surface area contributed by atoms with Gasteiger partial charge in [-0.1, -0.05) is 66.7 Å². The van der Waals surface area contributed by atoms with Gasteiger partial charge in [0.05, 0.1) is 7.11 Å². The molecule has 0 aromatic heterocycles. The van der Waals surface area contributed by atoms with Crippen molar-refractivity contribution in [3.63, 3.8) is 0 Å². The quantitative estimate of drug-likeness (QED) is 0.546. The zero-order chi connectivity index (χ0) is 20.5. The molecule has 0 saturated carbocycles. The summed E-state index contributed by atoms with van der Waals surface area (Å²) in [6.45, 7) is 1.24. The number of aromatic hydroxyl groups is 1. The van der Waals surface area contributed by atoms with Crippen molar-refractivity contribution in [1.29, 1.82) is 0 Å². The third kappa shape index (κ3) is 6.09. The van der Waals surface area contributed by atoms with Crippen LogP contribution in [0.15, 0.2) is 85.1 Å². The number of hydrogen-bond acceptors (Lipinski definition) is 3. The third-order valence-electron chi connectivity index (χ3n) is 4.40. The zero-order valence-electron chi connectivity index (χ0n) is 16.3. The lowest BCUT2D eigenvalue weighted by Gasteiger charge is -2.25. The van der Waals surface area contributed by atoms with Gasteiger partial charge in [-0.15, -0.1) is 0 Å². The number of benzene rings is 3. The number of rotatable bonds is 7. The SMILES string of the molecule is COc1cc(CN(Cc2ccccc2)C(=S)NC=Cc2ccccc2)ccc1O. The van der Waals surface area contributed by atoms with Crippen LogP contribution in [0.3, 0.4) is 0 Å². The second-order valence-electron chi connectivity index (χ2n) is 6.54. The summed E-state index contributed by atoms with van der Waals surface area (Å²) in [6.07, 6.45) is 3.84. The van der Waals surface area contributed by atoms with Gasteiger partial charge in [-0.05, 0) is 47.1 Å². The highest BCUT2D eigenvalue weighted by Crippen LogP contribution is 2.27. The molecule has 4 nitrogen and oxygen atoms in total. The summed E-state index contributed by atoms with van der Waals surface area (Å²) in [5.41, 5.74) is 3.25. The number of hydrogen-bond donors (Lipinski definition) is 2. The largest absolute Gasteiger partial charge is 0.504 e. The molecule has 0 radical (unpaired) electrons. The second-order valence-corrected chi connectivity index (χ2v) is 6.93. The van der Waals surface area contributed by atoms with E-state index in [9.17, 15) is 5.11 Å². The van der Waals surface area contributed by atoms with Crippen LogP contribution >= 0.6 is 12.2 Å². The van der Waals surface area contributed by atoms with Crippen molar-refractivity contribution in [3.8, 4) is 11.5 Å². The molecule has 0 amide bonds. The summed E-state index contributed by atoms with van der Waals surface area (Å²) >= 11 is 5.66. The molecule has 148 valence electrons. The molecule has 0 spiro atoms. The highest BCUT2D eigenvalue weighted by molar-refractivity contribution is 7.80. The molecule has 5 heteroatoms. The lowest BCUT2D eigenvalue weighted by molar-refractivity contribution is 0.369. The van der Waals surface area contributed by atoms with Crippen molar-refractivity contribution < 1.29 is 9.84 Å². The first-order chi connectivity index (χ1) is 14.2. The van der Waals surface area contributed by atoms with Crippen molar-refractivity contribution in [2.45, 2.75) is 13.1 Å². The Hall–Kier alpha value is -3.31. The Bertz CT molecular complexity index is 959. The lowest BCUT2D eigenvalue weighted by atomic mass is 10.1. The maximum Gasteiger partial charge on any atom is 0.173 e. The van der Waals surface area contributed by atoms with Gasteiger partial charge >= 0.3 is 0 Å². The van der Waals surface area contributed by atoms with Gasteiger partial charge in [0.25, 0.3) is 0 Å². The van der Waals surface area contributed by atoms with Gasteiger partial charge in [-0.3, -0.25) is 0 Å². The number of phenols is 1. The first kappa shape index (κ1) is 20.4. The minimum absolute atomic E-state index is 0.123. The minimum atomic E-state index is 0.123. The number of thiocarbonyl (C=S) groups is 1. The highest BCUT2D eigenvalue weighted by atomic mass is 32.1. The summed E-state index contributed by atoms with van der Waals surface area (Å²) in [5, 5.41) is 13.7. The zero-order valence-corrected chi connectivity index (χ0v) is 17.1. The molecule has 3 aromatic rings. The molecular weight excluding hydrogens is 380 g/mol. The predicted octanol–water partition coefficient (Wildman–Crippen LogP) is 4.95. The highest BCUT2D eigenvalue weighted by Gasteiger charge is 2.12. The molecule has 0 aliphatic heterocycles. The fourth-order valence-corrected chi connectivity index (χ4v) is 3.11. The van der Waals surface area contributed by atoms with Crippen LogP contribution in [0.1, 0.15) is 16.7 Å². The van der Waals surface area contributed by atoms with Gasteiger partial charge in [-0.25, -0.2) is 0 Å². The number of methoxy groups -OCH3 is 1. The molecule has 0 aliphatic rings. The molecule has 0 atom stereocenters. The molecule has 0 heterocycles. The Balaban J connectivity index is 1.75. The average molecular weight is 405 g/mol. The number of ether oxygens (including phenoxy) is 1. The van der Waals surface area contributed by atoms with E-state index in [1.165, 1.54) is 0 Å². The molecule has 3 rings (SSSR count). The molecular formula is C24H24N2O2S. The maximum atomic E-state index is 9.85. The summed E-state index contributed by atoms with van der Waals surface area (Å²) in [5.74, 6) is 0.572. The van der Waals surface area contributed by atoms with Crippen molar-refractivity contribution in [3.05, 3.63) is 102 Å². The summed E-state index contributed by atoms with van der Waals surface area (Å²) in [6, 6.07) is 25.6. The van der Waals surface area contributed by atoms with Crippen LogP contribution < -0.4 is 10.1 Å². The first-order valence-corrected chi connectivity index (χ1v) is 9.73. The van der Waals surface area contributed by atoms with E-state index in [0.29, 0.717) is 24.0 Å². The molecule has 0 unspecified atom stereocenters. The monoisotopic (exact) mass is 404 g/mol. The molecule has 0 fully saturated rings. The van der Waals surface area contributed by atoms with Crippen molar-refractivity contribution in [1.82, 2.24) is 10.2 Å². The number of phenolic OH excluding ortho intramolecular Hbond substituents is 1. The van der Waals surface area contributed by atoms with Crippen LogP contribution in [0.25, 0.3) is 6.08 Å². The van der Waals surface area contributed by atoms with E-state index in [4.69, 9.17) is 17.0 Å². The van der Waals surface area contributed by atoms with E-state index in [-0.39, 0.29) is 5.75 Å². The van der Waals surface area contributed by atoms with Crippen LogP contribution in [0, 0.1) is 0 Å². The van der Waals surface area contributed by atoms with Crippen LogP contribution in [0.5, 0.6) is 11.5 Å². The third-order valence-corrected chi connectivity index (χ3v) is 4.78. The predicted molar refractivity (Wildman–Crippen MR) is 122 cm³/mol. The van der Waals surface area contributed by atoms with Crippen LogP contribution in [0.2, 0.25) is 0 Å². The lowest BCUT2D eigenvalue weighted by Crippen LogP contribution is -2.36. The maximum absolute atomic E-state index is 9.85. The van der Waals surface area contributed by atoms with Crippen LogP contribution in [-0.4, -0.2) is 22.2 Å². The van der Waals surface area contributed by atoms with Gasteiger partial charge in [0, 0.05) is 19.3 Å². The Labute approximate surface area is 177 Å². The van der Waals surface area contributed by atoms with Gasteiger partial charge < -0.3 is 20.1 Å². The smallest absolute Gasteiger partial charge is 0.173 e. The topological polar surface area (TPSA) is 44.7 Å². The normalized spacial score (nSPS) is 10.7. The van der Waals surface area contributed by atoms with E-state index < -0.39 is 0 Å². The molecule has 29 heavy (non-hydrogen) atoms. The summed E-state index contributed by atoms with van der Waals surface area (Å²) in [4.78, 5) is 2.08. The van der Waals surface area contributed by atoms with E-state index in [1.54, 1.807) is 13.2 Å². The molecule has 0 aliphatic carbocycles. The molecule has 0 bridgehead atoms. The number of nitrogens with zero attached hydrogens (tertiary/aromatic N) is 1. The Kier molecular flexibility index (Phi) is 7.25. The van der Waals surface area contributed by atoms with Crippen LogP contribution in [-0.2, 0) is 13.1 Å². The van der Waals surface area contributed by atoms with Gasteiger partial charge in [0.1, 0.15) is 0 Å². The van der Waals surface area contributed by atoms with Crippen molar-refractivity contribution >= 4 is 23.4 Å². The van der Waals surface area contributed by atoms with Crippen LogP contribution in [0.4, 0.5) is 0 Å². The van der Waals surface area contributed by atoms with Gasteiger partial charge in [-0.2, -0.15) is 0 Å². The van der Waals surface area contributed by atoms with Crippen molar-refractivity contribution in [2.24, 2.45) is 0 Å². The molecule has 2 N–H and O–H groups in total. The fourth-order valence-electron chi connectivity index (χ4n) is 2.91. The van der Waals surface area contributed by atoms with E-state index in [1.807, 2.05) is 72.9 Å². The van der Waals surface area contributed by atoms with Gasteiger partial charge in [0.2, 0.25) is 0 Å².